The number of amides is 3. The Morgan fingerprint density at radius 3 is 2.29 bits per heavy atom. The summed E-state index contributed by atoms with van der Waals surface area (Å²) < 4.78 is 0. The van der Waals surface area contributed by atoms with Crippen molar-refractivity contribution in [1.82, 2.24) is 10.2 Å². The van der Waals surface area contributed by atoms with E-state index in [-0.39, 0.29) is 12.5 Å². The Morgan fingerprint density at radius 1 is 1.00 bits per heavy atom. The van der Waals surface area contributed by atoms with E-state index in [0.29, 0.717) is 17.8 Å². The van der Waals surface area contributed by atoms with Crippen LogP contribution >= 0.6 is 0 Å². The summed E-state index contributed by atoms with van der Waals surface area (Å²) in [5.74, 6) is -1.76. The summed E-state index contributed by atoms with van der Waals surface area (Å²) in [6, 6.07) is 16.9. The van der Waals surface area contributed by atoms with Crippen LogP contribution in [0.1, 0.15) is 11.6 Å². The van der Waals surface area contributed by atoms with Crippen molar-refractivity contribution < 1.29 is 14.4 Å². The molecule has 3 rings (SSSR count). The Balaban J connectivity index is 1.81. The van der Waals surface area contributed by atoms with Gasteiger partial charge in [0.15, 0.2) is 0 Å². The number of carbonyl (C=O) groups is 3. The largest absolute Gasteiger partial charge is 0.352 e. The van der Waals surface area contributed by atoms with Crippen LogP contribution in [0.5, 0.6) is 0 Å². The van der Waals surface area contributed by atoms with Gasteiger partial charge in [-0.3, -0.25) is 14.4 Å². The highest BCUT2D eigenvalue weighted by Crippen LogP contribution is 2.23. The predicted molar refractivity (Wildman–Crippen MR) is 89.0 cm³/mol. The minimum absolute atomic E-state index is 0.284. The second-order valence-electron chi connectivity index (χ2n) is 5.42. The molecule has 3 amide bonds. The normalized spacial score (nSPS) is 17.1. The number of nitrogens with zero attached hydrogens (tertiary/aromatic N) is 1. The van der Waals surface area contributed by atoms with Crippen molar-refractivity contribution in [1.29, 1.82) is 0 Å². The third-order valence-electron chi connectivity index (χ3n) is 3.81. The summed E-state index contributed by atoms with van der Waals surface area (Å²) in [7, 11) is 0. The first-order valence-corrected chi connectivity index (χ1v) is 7.66. The molecule has 6 heteroatoms. The number of hydrogen-bond donors (Lipinski definition) is 2. The lowest BCUT2D eigenvalue weighted by atomic mass is 10.0. The lowest BCUT2D eigenvalue weighted by molar-refractivity contribution is -0.149. The van der Waals surface area contributed by atoms with E-state index in [1.807, 2.05) is 12.1 Å². The van der Waals surface area contributed by atoms with E-state index in [4.69, 9.17) is 0 Å². The van der Waals surface area contributed by atoms with E-state index in [1.54, 1.807) is 48.5 Å². The van der Waals surface area contributed by atoms with Gasteiger partial charge in [-0.1, -0.05) is 48.5 Å². The summed E-state index contributed by atoms with van der Waals surface area (Å²) in [5.41, 5.74) is 1.21. The van der Waals surface area contributed by atoms with Gasteiger partial charge in [-0.15, -0.1) is 0 Å². The molecule has 2 aromatic carbocycles. The summed E-state index contributed by atoms with van der Waals surface area (Å²) in [6.07, 6.45) is 0. The van der Waals surface area contributed by atoms with Gasteiger partial charge in [0.2, 0.25) is 5.91 Å². The van der Waals surface area contributed by atoms with Crippen molar-refractivity contribution in [3.05, 3.63) is 66.2 Å². The minimum Gasteiger partial charge on any atom is -0.352 e. The lowest BCUT2D eigenvalue weighted by Gasteiger charge is -2.34. The fourth-order valence-corrected chi connectivity index (χ4v) is 2.69. The van der Waals surface area contributed by atoms with Crippen LogP contribution in [0, 0.1) is 0 Å². The molecule has 0 radical (unpaired) electrons. The van der Waals surface area contributed by atoms with Gasteiger partial charge in [0, 0.05) is 18.8 Å². The Labute approximate surface area is 139 Å². The number of anilines is 1. The summed E-state index contributed by atoms with van der Waals surface area (Å²) in [4.78, 5) is 38.4. The fourth-order valence-electron chi connectivity index (χ4n) is 2.69. The fraction of sp³-hybridized carbons (Fsp3) is 0.167. The third kappa shape index (κ3) is 3.27. The zero-order chi connectivity index (χ0) is 16.9. The van der Waals surface area contributed by atoms with Crippen molar-refractivity contribution >= 4 is 23.4 Å². The highest BCUT2D eigenvalue weighted by atomic mass is 16.2. The highest BCUT2D eigenvalue weighted by molar-refractivity contribution is 6.40. The molecule has 0 aliphatic carbocycles. The van der Waals surface area contributed by atoms with Gasteiger partial charge in [-0.25, -0.2) is 0 Å². The Kier molecular flexibility index (Phi) is 4.56. The molecule has 6 nitrogen and oxygen atoms in total. The molecule has 0 spiro atoms. The van der Waals surface area contributed by atoms with E-state index in [0.717, 1.165) is 0 Å². The first-order chi connectivity index (χ1) is 11.7. The number of benzene rings is 2. The maximum Gasteiger partial charge on any atom is 0.313 e. The number of carbonyl (C=O) groups excluding carboxylic acids is 3. The quantitative estimate of drug-likeness (QED) is 0.818. The molecule has 1 aliphatic rings. The zero-order valence-electron chi connectivity index (χ0n) is 12.9. The third-order valence-corrected chi connectivity index (χ3v) is 3.81. The van der Waals surface area contributed by atoms with Gasteiger partial charge in [-0.2, -0.15) is 0 Å². The van der Waals surface area contributed by atoms with E-state index >= 15 is 0 Å². The SMILES string of the molecule is O=C(Nc1ccccc1)C(=O)N1CCNC(=O)C1c1ccccc1. The van der Waals surface area contributed by atoms with Crippen LogP contribution in [-0.4, -0.2) is 35.7 Å². The summed E-state index contributed by atoms with van der Waals surface area (Å²) in [5, 5.41) is 5.30. The molecular weight excluding hydrogens is 306 g/mol. The lowest BCUT2D eigenvalue weighted by Crippen LogP contribution is -2.54. The monoisotopic (exact) mass is 323 g/mol. The second-order valence-corrected chi connectivity index (χ2v) is 5.42. The van der Waals surface area contributed by atoms with Gasteiger partial charge >= 0.3 is 11.8 Å². The summed E-state index contributed by atoms with van der Waals surface area (Å²) >= 11 is 0. The van der Waals surface area contributed by atoms with Gasteiger partial charge < -0.3 is 15.5 Å². The maximum absolute atomic E-state index is 12.6. The van der Waals surface area contributed by atoms with Crippen LogP contribution in [0.4, 0.5) is 5.69 Å². The van der Waals surface area contributed by atoms with Crippen LogP contribution < -0.4 is 10.6 Å². The molecule has 2 N–H and O–H groups in total. The molecule has 1 saturated heterocycles. The first-order valence-electron chi connectivity index (χ1n) is 7.66. The highest BCUT2D eigenvalue weighted by Gasteiger charge is 2.36. The van der Waals surface area contributed by atoms with Crippen LogP contribution in [0.3, 0.4) is 0 Å². The molecule has 1 fully saturated rings. The first kappa shape index (κ1) is 15.7. The molecule has 1 unspecified atom stereocenters. The average Bonchev–Trinajstić information content (AvgIpc) is 2.62. The topological polar surface area (TPSA) is 78.5 Å². The second kappa shape index (κ2) is 6.95. The standard InChI is InChI=1S/C18H17N3O3/c22-16-15(13-7-3-1-4-8-13)21(12-11-19-16)18(24)17(23)20-14-9-5-2-6-10-14/h1-10,15H,11-12H2,(H,19,22)(H,20,23). The zero-order valence-corrected chi connectivity index (χ0v) is 12.9. The van der Waals surface area contributed by atoms with E-state index in [9.17, 15) is 14.4 Å². The number of rotatable bonds is 2. The smallest absolute Gasteiger partial charge is 0.313 e. The van der Waals surface area contributed by atoms with Crippen LogP contribution in [-0.2, 0) is 14.4 Å². The molecule has 1 aliphatic heterocycles. The van der Waals surface area contributed by atoms with Gasteiger partial charge in [0.1, 0.15) is 6.04 Å². The van der Waals surface area contributed by atoms with Crippen molar-refractivity contribution in [2.45, 2.75) is 6.04 Å². The van der Waals surface area contributed by atoms with Crippen molar-refractivity contribution in [2.75, 3.05) is 18.4 Å². The van der Waals surface area contributed by atoms with Gasteiger partial charge in [0.25, 0.3) is 0 Å². The van der Waals surface area contributed by atoms with Gasteiger partial charge in [0.05, 0.1) is 0 Å². The van der Waals surface area contributed by atoms with Crippen LogP contribution in [0.2, 0.25) is 0 Å². The summed E-state index contributed by atoms with van der Waals surface area (Å²) in [6.45, 7) is 0.610. The van der Waals surface area contributed by atoms with Crippen molar-refractivity contribution in [3.63, 3.8) is 0 Å². The Morgan fingerprint density at radius 2 is 1.62 bits per heavy atom. The predicted octanol–water partition coefficient (Wildman–Crippen LogP) is 1.32. The van der Waals surface area contributed by atoms with E-state index in [2.05, 4.69) is 10.6 Å². The number of nitrogens with one attached hydrogen (secondary N) is 2. The molecule has 24 heavy (non-hydrogen) atoms. The molecule has 0 saturated carbocycles. The molecule has 2 aromatic rings. The van der Waals surface area contributed by atoms with Crippen molar-refractivity contribution in [3.8, 4) is 0 Å². The van der Waals surface area contributed by atoms with E-state index < -0.39 is 17.9 Å². The Bertz CT molecular complexity index is 747. The number of hydrogen-bond acceptors (Lipinski definition) is 3. The van der Waals surface area contributed by atoms with Crippen LogP contribution in [0.15, 0.2) is 60.7 Å². The number of para-hydroxylation sites is 1. The molecule has 0 aromatic heterocycles. The molecule has 122 valence electrons. The molecule has 1 heterocycles. The molecular formula is C18H17N3O3. The molecule has 0 bridgehead atoms. The average molecular weight is 323 g/mol. The van der Waals surface area contributed by atoms with Gasteiger partial charge in [-0.05, 0) is 17.7 Å². The molecule has 1 atom stereocenters. The van der Waals surface area contributed by atoms with E-state index in [1.165, 1.54) is 4.90 Å². The Hall–Kier alpha value is -3.15. The van der Waals surface area contributed by atoms with Crippen molar-refractivity contribution in [2.24, 2.45) is 0 Å². The number of piperazine rings is 1. The minimum atomic E-state index is -0.797. The van der Waals surface area contributed by atoms with Crippen LogP contribution in [0.25, 0.3) is 0 Å². The maximum atomic E-state index is 12.6.